The first-order valence-electron chi connectivity index (χ1n) is 9.57. The first-order chi connectivity index (χ1) is 15.6. The minimum absolute atomic E-state index is 0.0727. The number of amides is 2. The van der Waals surface area contributed by atoms with Gasteiger partial charge in [-0.25, -0.2) is 4.79 Å². The number of benzene rings is 1. The van der Waals surface area contributed by atoms with Crippen molar-refractivity contribution in [3.8, 4) is 0 Å². The topological polar surface area (TPSA) is 200 Å². The molecule has 4 atom stereocenters. The zero-order valence-electron chi connectivity index (χ0n) is 18.7. The summed E-state index contributed by atoms with van der Waals surface area (Å²) in [5.74, 6) is -1.64. The first kappa shape index (κ1) is 33.6. The fourth-order valence-corrected chi connectivity index (χ4v) is 7.09. The molecule has 0 aliphatic carbocycles. The molecule has 2 amide bonds. The lowest BCUT2D eigenvalue weighted by Gasteiger charge is -2.25. The van der Waals surface area contributed by atoms with Crippen LogP contribution in [0.4, 0.5) is 11.4 Å². The number of aromatic carboxylic acids is 1. The predicted molar refractivity (Wildman–Crippen MR) is 150 cm³/mol. The second-order valence-corrected chi connectivity index (χ2v) is 10.2. The summed E-state index contributed by atoms with van der Waals surface area (Å²) >= 11 is 5.80. The largest absolute Gasteiger partial charge is 0.478 e. The molecule has 0 unspecified atom stereocenters. The van der Waals surface area contributed by atoms with E-state index in [2.05, 4.69) is 10.6 Å². The third-order valence-corrected chi connectivity index (χ3v) is 7.53. The van der Waals surface area contributed by atoms with Crippen LogP contribution in [0.5, 0.6) is 0 Å². The summed E-state index contributed by atoms with van der Waals surface area (Å²) in [5, 5.41) is 59.5. The summed E-state index contributed by atoms with van der Waals surface area (Å²) in [5.41, 5.74) is 0.957. The number of rotatable bonds is 9. The number of carbonyl (C=O) groups is 3. The number of carboxylic acids is 1. The predicted octanol–water partition coefficient (Wildman–Crippen LogP) is -0.219. The monoisotopic (exact) mass is 823 g/mol. The molecule has 0 saturated carbocycles. The summed E-state index contributed by atoms with van der Waals surface area (Å²) in [6, 6.07) is 0. The van der Waals surface area contributed by atoms with Crippen molar-refractivity contribution >= 4 is 96.9 Å². The molecule has 194 valence electrons. The second-order valence-electron chi connectivity index (χ2n) is 6.96. The summed E-state index contributed by atoms with van der Waals surface area (Å²) < 4.78 is 1.52. The van der Waals surface area contributed by atoms with E-state index in [0.29, 0.717) is 22.1 Å². The standard InChI is InChI=1S/C12H11I3N2O4.C7H17NO5/c1-4(18)16-10-7(13)6(12(20)21)8(14)11(9(10)15)17(3)5(2)19;1-8-2-4(10)6(12)7(13)5(11)3-9/h1-3H3,(H,16,18)(H,20,21);4-13H,2-3H2,1H3/t;4-,5+,6+,7+/m.1/s1. The van der Waals surface area contributed by atoms with Crippen LogP contribution >= 0.6 is 67.8 Å². The van der Waals surface area contributed by atoms with Crippen LogP contribution in [0.3, 0.4) is 0 Å². The molecule has 1 aromatic carbocycles. The zero-order chi connectivity index (χ0) is 26.9. The molecule has 8 N–H and O–H groups in total. The fourth-order valence-electron chi connectivity index (χ4n) is 2.47. The maximum absolute atomic E-state index is 11.6. The van der Waals surface area contributed by atoms with Crippen molar-refractivity contribution in [1.82, 2.24) is 5.32 Å². The third-order valence-electron chi connectivity index (χ3n) is 4.36. The molecule has 1 rings (SSSR count). The van der Waals surface area contributed by atoms with Crippen LogP contribution in [0.15, 0.2) is 0 Å². The van der Waals surface area contributed by atoms with Crippen LogP contribution in [0.1, 0.15) is 24.2 Å². The van der Waals surface area contributed by atoms with Gasteiger partial charge in [0.25, 0.3) is 0 Å². The molecule has 0 aromatic heterocycles. The van der Waals surface area contributed by atoms with Gasteiger partial charge in [-0.1, -0.05) is 0 Å². The van der Waals surface area contributed by atoms with E-state index in [4.69, 9.17) is 20.4 Å². The molecule has 0 radical (unpaired) electrons. The van der Waals surface area contributed by atoms with Gasteiger partial charge in [0.05, 0.1) is 40.4 Å². The summed E-state index contributed by atoms with van der Waals surface area (Å²) in [4.78, 5) is 35.9. The van der Waals surface area contributed by atoms with Crippen molar-refractivity contribution in [2.24, 2.45) is 0 Å². The number of likely N-dealkylation sites (N-methyl/N-ethyl adjacent to an activating group) is 1. The minimum atomic E-state index is -1.55. The lowest BCUT2D eigenvalue weighted by atomic mass is 10.0. The van der Waals surface area contributed by atoms with Crippen molar-refractivity contribution in [2.75, 3.05) is 37.5 Å². The summed E-state index contributed by atoms with van der Waals surface area (Å²) in [6.45, 7) is 2.17. The van der Waals surface area contributed by atoms with Gasteiger partial charge in [-0.2, -0.15) is 0 Å². The average Bonchev–Trinajstić information content (AvgIpc) is 2.75. The molecule has 1 aromatic rings. The van der Waals surface area contributed by atoms with Crippen LogP contribution < -0.4 is 15.5 Å². The minimum Gasteiger partial charge on any atom is -0.478 e. The van der Waals surface area contributed by atoms with Crippen LogP contribution in [-0.4, -0.2) is 100 Å². The van der Waals surface area contributed by atoms with Gasteiger partial charge in [0.15, 0.2) is 0 Å². The molecule has 0 saturated heterocycles. The Morgan fingerprint density at radius 1 is 0.941 bits per heavy atom. The molecule has 0 aliphatic heterocycles. The number of carboxylic acid groups (broad SMARTS) is 1. The van der Waals surface area contributed by atoms with Gasteiger partial charge in [-0.3, -0.25) is 9.59 Å². The van der Waals surface area contributed by atoms with E-state index in [1.807, 2.05) is 67.8 Å². The molecule has 0 spiro atoms. The lowest BCUT2D eigenvalue weighted by molar-refractivity contribution is -0.116. The smallest absolute Gasteiger partial charge is 0.338 e. The van der Waals surface area contributed by atoms with Crippen molar-refractivity contribution in [3.05, 3.63) is 16.3 Å². The van der Waals surface area contributed by atoms with Crippen molar-refractivity contribution in [2.45, 2.75) is 38.3 Å². The fraction of sp³-hybridized carbons (Fsp3) is 0.526. The zero-order valence-corrected chi connectivity index (χ0v) is 25.2. The number of aliphatic hydroxyl groups is 5. The lowest BCUT2D eigenvalue weighted by Crippen LogP contribution is -2.48. The Bertz CT molecular complexity index is 889. The van der Waals surface area contributed by atoms with Gasteiger partial charge in [-0.05, 0) is 74.8 Å². The number of aliphatic hydroxyl groups excluding tert-OH is 5. The molecule has 0 heterocycles. The Morgan fingerprint density at radius 3 is 1.82 bits per heavy atom. The first-order valence-corrected chi connectivity index (χ1v) is 12.8. The number of hydrogen-bond acceptors (Lipinski definition) is 9. The molecule has 0 aliphatic rings. The van der Waals surface area contributed by atoms with E-state index in [1.54, 1.807) is 14.1 Å². The van der Waals surface area contributed by atoms with E-state index in [1.165, 1.54) is 18.7 Å². The number of hydrogen-bond donors (Lipinski definition) is 8. The highest BCUT2D eigenvalue weighted by Gasteiger charge is 2.29. The van der Waals surface area contributed by atoms with E-state index in [0.717, 1.165) is 0 Å². The number of nitrogens with one attached hydrogen (secondary N) is 2. The molecule has 12 nitrogen and oxygen atoms in total. The molecular formula is C19H28I3N3O9. The van der Waals surface area contributed by atoms with E-state index >= 15 is 0 Å². The Hall–Kier alpha value is -0.420. The Morgan fingerprint density at radius 2 is 1.44 bits per heavy atom. The molecule has 0 bridgehead atoms. The highest BCUT2D eigenvalue weighted by atomic mass is 127. The maximum Gasteiger partial charge on any atom is 0.338 e. The summed E-state index contributed by atoms with van der Waals surface area (Å²) in [7, 11) is 3.14. The van der Waals surface area contributed by atoms with Crippen LogP contribution in [0.25, 0.3) is 0 Å². The Balaban J connectivity index is 0.000000722. The highest BCUT2D eigenvalue weighted by Crippen LogP contribution is 2.40. The van der Waals surface area contributed by atoms with Gasteiger partial charge >= 0.3 is 5.97 Å². The molecule has 0 fully saturated rings. The number of halogens is 3. The molecule has 34 heavy (non-hydrogen) atoms. The number of anilines is 2. The quantitative estimate of drug-likeness (QED) is 0.154. The SMILES string of the molecule is CC(=O)Nc1c(I)c(C(=O)O)c(I)c(N(C)C(C)=O)c1I.CNC[C@@H](O)[C@H](O)[C@@H](O)[C@@H](O)CO. The van der Waals surface area contributed by atoms with Crippen molar-refractivity contribution < 1.29 is 45.0 Å². The maximum atomic E-state index is 11.6. The van der Waals surface area contributed by atoms with Gasteiger partial charge in [0.1, 0.15) is 18.3 Å². The normalized spacial score (nSPS) is 14.2. The highest BCUT2D eigenvalue weighted by molar-refractivity contribution is 14.1. The molecule has 15 heteroatoms. The molecular weight excluding hydrogens is 795 g/mol. The number of nitrogens with zero attached hydrogens (tertiary/aromatic N) is 1. The van der Waals surface area contributed by atoms with Crippen LogP contribution in [0.2, 0.25) is 0 Å². The second kappa shape index (κ2) is 15.6. The van der Waals surface area contributed by atoms with Gasteiger partial charge in [0.2, 0.25) is 11.8 Å². The Kier molecular flexibility index (Phi) is 15.4. The van der Waals surface area contributed by atoms with Gasteiger partial charge < -0.3 is 46.2 Å². The average molecular weight is 823 g/mol. The van der Waals surface area contributed by atoms with Gasteiger partial charge in [-0.15, -0.1) is 0 Å². The van der Waals surface area contributed by atoms with Crippen molar-refractivity contribution in [3.63, 3.8) is 0 Å². The Labute approximate surface area is 237 Å². The van der Waals surface area contributed by atoms with Crippen LogP contribution in [0, 0.1) is 10.7 Å². The van der Waals surface area contributed by atoms with E-state index < -0.39 is 37.0 Å². The number of carbonyl (C=O) groups excluding carboxylic acids is 2. The summed E-state index contributed by atoms with van der Waals surface area (Å²) in [6.07, 6.45) is -5.65. The van der Waals surface area contributed by atoms with Gasteiger partial charge in [0, 0.05) is 27.4 Å². The van der Waals surface area contributed by atoms with Crippen molar-refractivity contribution in [1.29, 1.82) is 0 Å². The van der Waals surface area contributed by atoms with Crippen LogP contribution in [-0.2, 0) is 9.59 Å². The van der Waals surface area contributed by atoms with E-state index in [9.17, 15) is 24.6 Å². The third kappa shape index (κ3) is 9.22. The van der Waals surface area contributed by atoms with E-state index in [-0.39, 0.29) is 23.9 Å².